The molecule has 0 saturated carbocycles. The minimum atomic E-state index is -0.372. The van der Waals surface area contributed by atoms with Crippen molar-refractivity contribution in [3.05, 3.63) is 68.6 Å². The van der Waals surface area contributed by atoms with Gasteiger partial charge in [-0.2, -0.15) is 0 Å². The van der Waals surface area contributed by atoms with Crippen molar-refractivity contribution in [1.29, 1.82) is 0 Å². The van der Waals surface area contributed by atoms with Crippen LogP contribution in [0, 0.1) is 5.92 Å². The van der Waals surface area contributed by atoms with E-state index in [0.717, 1.165) is 31.6 Å². The maximum absolute atomic E-state index is 12.8. The molecule has 1 aliphatic carbocycles. The monoisotopic (exact) mass is 392 g/mol. The zero-order valence-corrected chi connectivity index (χ0v) is 16.4. The fourth-order valence-electron chi connectivity index (χ4n) is 5.19. The molecule has 1 aliphatic heterocycles. The number of benzene rings is 1. The molecular formula is C22H24N4O3. The minimum absolute atomic E-state index is 0.251. The lowest BCUT2D eigenvalue weighted by Gasteiger charge is -2.31. The Labute approximate surface area is 167 Å². The molecule has 2 aliphatic rings. The molecule has 7 heteroatoms. The van der Waals surface area contributed by atoms with E-state index in [4.69, 9.17) is 4.74 Å². The van der Waals surface area contributed by atoms with Gasteiger partial charge < -0.3 is 15.0 Å². The number of pyridine rings is 1. The van der Waals surface area contributed by atoms with Gasteiger partial charge in [-0.3, -0.25) is 14.3 Å². The maximum Gasteiger partial charge on any atom is 0.328 e. The van der Waals surface area contributed by atoms with E-state index in [0.29, 0.717) is 35.3 Å². The van der Waals surface area contributed by atoms with E-state index in [1.54, 1.807) is 19.4 Å². The van der Waals surface area contributed by atoms with Crippen molar-refractivity contribution in [1.82, 2.24) is 19.9 Å². The number of aromatic amines is 1. The minimum Gasteiger partial charge on any atom is -0.496 e. The number of methoxy groups -OCH3 is 1. The summed E-state index contributed by atoms with van der Waals surface area (Å²) in [7, 11) is 1.73. The van der Waals surface area contributed by atoms with Gasteiger partial charge in [0.2, 0.25) is 0 Å². The number of H-pyrrole nitrogens is 1. The van der Waals surface area contributed by atoms with Crippen LogP contribution in [-0.4, -0.2) is 34.2 Å². The van der Waals surface area contributed by atoms with Crippen LogP contribution in [0.4, 0.5) is 0 Å². The van der Waals surface area contributed by atoms with Crippen LogP contribution in [0.5, 0.6) is 5.75 Å². The third-order valence-corrected chi connectivity index (χ3v) is 6.60. The zero-order chi connectivity index (χ0) is 20.0. The number of aromatic nitrogens is 3. The summed E-state index contributed by atoms with van der Waals surface area (Å²) in [5.74, 6) is 1.94. The molecule has 1 unspecified atom stereocenters. The van der Waals surface area contributed by atoms with Crippen LogP contribution < -0.4 is 21.3 Å². The predicted octanol–water partition coefficient (Wildman–Crippen LogP) is 1.80. The summed E-state index contributed by atoms with van der Waals surface area (Å²) in [4.78, 5) is 31.9. The normalized spacial score (nSPS) is 23.0. The van der Waals surface area contributed by atoms with E-state index in [-0.39, 0.29) is 11.2 Å². The molecule has 0 bridgehead atoms. The van der Waals surface area contributed by atoms with E-state index in [2.05, 4.69) is 27.4 Å². The van der Waals surface area contributed by atoms with Gasteiger partial charge in [0, 0.05) is 31.2 Å². The van der Waals surface area contributed by atoms with Gasteiger partial charge in [-0.05, 0) is 48.4 Å². The second kappa shape index (κ2) is 7.15. The standard InChI is InChI=1S/C22H24N4O3/c1-29-20-4-2-3-13-15(20)6-5-14-17(13)11-24-18(14)8-10-26-21(27)16-7-9-23-12-19(16)25-22(26)28/h2-4,7,9,12,14,17-18,24H,5-6,8,10-11H2,1H3,(H,25,28)/t14-,17+,18?/m1/s1. The van der Waals surface area contributed by atoms with Crippen molar-refractivity contribution in [2.75, 3.05) is 13.7 Å². The van der Waals surface area contributed by atoms with E-state index in [1.807, 2.05) is 6.07 Å². The van der Waals surface area contributed by atoms with Crippen LogP contribution in [0.25, 0.3) is 10.9 Å². The third-order valence-electron chi connectivity index (χ3n) is 6.60. The van der Waals surface area contributed by atoms with Crippen LogP contribution in [0.1, 0.15) is 29.9 Å². The molecular weight excluding hydrogens is 368 g/mol. The first-order valence-electron chi connectivity index (χ1n) is 10.1. The fraction of sp³-hybridized carbons (Fsp3) is 0.409. The van der Waals surface area contributed by atoms with Crippen LogP contribution in [0.3, 0.4) is 0 Å². The first kappa shape index (κ1) is 18.1. The van der Waals surface area contributed by atoms with Crippen molar-refractivity contribution in [2.45, 2.75) is 37.8 Å². The van der Waals surface area contributed by atoms with Crippen molar-refractivity contribution in [2.24, 2.45) is 5.92 Å². The molecule has 3 heterocycles. The van der Waals surface area contributed by atoms with Gasteiger partial charge in [-0.1, -0.05) is 12.1 Å². The molecule has 3 aromatic rings. The highest BCUT2D eigenvalue weighted by molar-refractivity contribution is 5.75. The highest BCUT2D eigenvalue weighted by Crippen LogP contribution is 2.44. The lowest BCUT2D eigenvalue weighted by atomic mass is 9.74. The summed E-state index contributed by atoms with van der Waals surface area (Å²) < 4.78 is 6.87. The molecule has 1 saturated heterocycles. The highest BCUT2D eigenvalue weighted by Gasteiger charge is 2.40. The Hall–Kier alpha value is -2.93. The van der Waals surface area contributed by atoms with Gasteiger partial charge in [0.25, 0.3) is 5.56 Å². The van der Waals surface area contributed by atoms with Crippen LogP contribution in [0.2, 0.25) is 0 Å². The number of nitrogens with one attached hydrogen (secondary N) is 2. The summed E-state index contributed by atoms with van der Waals surface area (Å²) in [6.07, 6.45) is 5.93. The Morgan fingerprint density at radius 3 is 3.03 bits per heavy atom. The molecule has 2 N–H and O–H groups in total. The Balaban J connectivity index is 1.38. The summed E-state index contributed by atoms with van der Waals surface area (Å²) in [6.45, 7) is 1.32. The Kier molecular flexibility index (Phi) is 4.47. The molecule has 3 atom stereocenters. The van der Waals surface area contributed by atoms with Gasteiger partial charge in [0.05, 0.1) is 24.2 Å². The topological polar surface area (TPSA) is 89.0 Å². The second-order valence-electron chi connectivity index (χ2n) is 7.95. The van der Waals surface area contributed by atoms with Crippen LogP contribution in [0.15, 0.2) is 46.2 Å². The second-order valence-corrected chi connectivity index (χ2v) is 7.95. The number of rotatable bonds is 4. The van der Waals surface area contributed by atoms with Gasteiger partial charge in [0.1, 0.15) is 5.75 Å². The molecule has 7 nitrogen and oxygen atoms in total. The molecule has 0 amide bonds. The Morgan fingerprint density at radius 1 is 1.28 bits per heavy atom. The van der Waals surface area contributed by atoms with Crippen molar-refractivity contribution < 1.29 is 4.74 Å². The van der Waals surface area contributed by atoms with Crippen molar-refractivity contribution in [3.63, 3.8) is 0 Å². The number of hydrogen-bond donors (Lipinski definition) is 2. The zero-order valence-electron chi connectivity index (χ0n) is 16.4. The van der Waals surface area contributed by atoms with E-state index in [9.17, 15) is 9.59 Å². The largest absolute Gasteiger partial charge is 0.496 e. The first-order valence-corrected chi connectivity index (χ1v) is 10.1. The maximum atomic E-state index is 12.8. The van der Waals surface area contributed by atoms with Crippen LogP contribution in [-0.2, 0) is 13.0 Å². The lowest BCUT2D eigenvalue weighted by Crippen LogP contribution is -2.38. The van der Waals surface area contributed by atoms with Crippen molar-refractivity contribution >= 4 is 10.9 Å². The van der Waals surface area contributed by atoms with E-state index < -0.39 is 0 Å². The van der Waals surface area contributed by atoms with Crippen molar-refractivity contribution in [3.8, 4) is 5.75 Å². The van der Waals surface area contributed by atoms with Gasteiger partial charge in [0.15, 0.2) is 0 Å². The molecule has 150 valence electrons. The Morgan fingerprint density at radius 2 is 2.17 bits per heavy atom. The average Bonchev–Trinajstić information content (AvgIpc) is 3.16. The molecule has 2 aromatic heterocycles. The summed E-state index contributed by atoms with van der Waals surface area (Å²) >= 11 is 0. The van der Waals surface area contributed by atoms with Gasteiger partial charge >= 0.3 is 5.69 Å². The quantitative estimate of drug-likeness (QED) is 0.707. The number of fused-ring (bicyclic) bond motifs is 4. The first-order chi connectivity index (χ1) is 14.2. The lowest BCUT2D eigenvalue weighted by molar-refractivity contribution is 0.337. The molecule has 1 aromatic carbocycles. The van der Waals surface area contributed by atoms with E-state index >= 15 is 0 Å². The third kappa shape index (κ3) is 2.97. The van der Waals surface area contributed by atoms with E-state index in [1.165, 1.54) is 21.9 Å². The summed E-state index contributed by atoms with van der Waals surface area (Å²) in [6, 6.07) is 8.26. The highest BCUT2D eigenvalue weighted by atomic mass is 16.5. The van der Waals surface area contributed by atoms with Gasteiger partial charge in [-0.25, -0.2) is 4.79 Å². The predicted molar refractivity (Wildman–Crippen MR) is 111 cm³/mol. The molecule has 0 radical (unpaired) electrons. The number of ether oxygens (including phenoxy) is 1. The molecule has 1 fully saturated rings. The number of nitrogens with zero attached hydrogens (tertiary/aromatic N) is 2. The average molecular weight is 392 g/mol. The van der Waals surface area contributed by atoms with Crippen LogP contribution >= 0.6 is 0 Å². The molecule has 0 spiro atoms. The SMILES string of the molecule is COc1cccc2c1CC[C@H]1C(CCn3c(=O)[nH]c4cnccc4c3=O)NC[C@@H]21. The smallest absolute Gasteiger partial charge is 0.328 e. The Bertz CT molecular complexity index is 1180. The summed E-state index contributed by atoms with van der Waals surface area (Å²) in [5, 5.41) is 4.14. The fourth-order valence-corrected chi connectivity index (χ4v) is 5.19. The van der Waals surface area contributed by atoms with Gasteiger partial charge in [-0.15, -0.1) is 0 Å². The summed E-state index contributed by atoms with van der Waals surface area (Å²) in [5.41, 5.74) is 2.57. The number of hydrogen-bond acceptors (Lipinski definition) is 5. The molecule has 5 rings (SSSR count). The molecule has 29 heavy (non-hydrogen) atoms.